The highest BCUT2D eigenvalue weighted by atomic mass is 16.5. The van der Waals surface area contributed by atoms with Gasteiger partial charge in [0, 0.05) is 12.2 Å². The van der Waals surface area contributed by atoms with Gasteiger partial charge in [-0.1, -0.05) is 6.92 Å². The molecule has 5 heteroatoms. The minimum absolute atomic E-state index is 0.131. The number of hydrogen-bond donors (Lipinski definition) is 1. The SMILES string of the molecule is CCN(CCn1nc(C)cc1C)[C@H]1COC[C@@H]1O. The van der Waals surface area contributed by atoms with Crippen LogP contribution < -0.4 is 0 Å². The van der Waals surface area contributed by atoms with Crippen molar-refractivity contribution >= 4 is 0 Å². The molecular formula is C13H23N3O2. The van der Waals surface area contributed by atoms with Crippen LogP contribution in [0.15, 0.2) is 6.07 Å². The standard InChI is InChI=1S/C13H23N3O2/c1-4-15(12-8-18-9-13(12)17)5-6-16-11(3)7-10(2)14-16/h7,12-13,17H,4-6,8-9H2,1-3H3/t12-,13-/m0/s1. The van der Waals surface area contributed by atoms with E-state index in [1.807, 2.05) is 11.6 Å². The molecule has 1 aliphatic heterocycles. The summed E-state index contributed by atoms with van der Waals surface area (Å²) in [5.41, 5.74) is 2.24. The molecule has 1 fully saturated rings. The molecule has 1 aromatic rings. The number of ether oxygens (including phenoxy) is 1. The highest BCUT2D eigenvalue weighted by Gasteiger charge is 2.30. The van der Waals surface area contributed by atoms with Crippen LogP contribution in [-0.2, 0) is 11.3 Å². The fraction of sp³-hybridized carbons (Fsp3) is 0.769. The Morgan fingerprint density at radius 3 is 2.78 bits per heavy atom. The zero-order valence-corrected chi connectivity index (χ0v) is 11.5. The van der Waals surface area contributed by atoms with E-state index in [1.54, 1.807) is 0 Å². The maximum Gasteiger partial charge on any atom is 0.0950 e. The smallest absolute Gasteiger partial charge is 0.0950 e. The van der Waals surface area contributed by atoms with Crippen LogP contribution in [0.3, 0.4) is 0 Å². The second kappa shape index (κ2) is 5.82. The van der Waals surface area contributed by atoms with E-state index in [-0.39, 0.29) is 12.1 Å². The van der Waals surface area contributed by atoms with E-state index in [0.29, 0.717) is 13.2 Å². The molecule has 0 saturated carbocycles. The molecule has 18 heavy (non-hydrogen) atoms. The lowest BCUT2D eigenvalue weighted by Crippen LogP contribution is -2.44. The molecule has 1 saturated heterocycles. The number of aliphatic hydroxyl groups is 1. The Bertz CT molecular complexity index is 392. The summed E-state index contributed by atoms with van der Waals surface area (Å²) in [7, 11) is 0. The largest absolute Gasteiger partial charge is 0.389 e. The predicted octanol–water partition coefficient (Wildman–Crippen LogP) is 0.582. The Hall–Kier alpha value is -0.910. The first-order valence-electron chi connectivity index (χ1n) is 6.62. The van der Waals surface area contributed by atoms with Crippen molar-refractivity contribution in [2.24, 2.45) is 0 Å². The molecule has 0 aliphatic carbocycles. The van der Waals surface area contributed by atoms with Crippen LogP contribution in [0.1, 0.15) is 18.3 Å². The summed E-state index contributed by atoms with van der Waals surface area (Å²) in [6, 6.07) is 2.22. The topological polar surface area (TPSA) is 50.5 Å². The molecule has 1 aromatic heterocycles. The van der Waals surface area contributed by atoms with E-state index in [9.17, 15) is 5.11 Å². The van der Waals surface area contributed by atoms with E-state index in [0.717, 1.165) is 25.3 Å². The van der Waals surface area contributed by atoms with Crippen molar-refractivity contribution in [2.75, 3.05) is 26.3 Å². The maximum absolute atomic E-state index is 9.86. The Labute approximate surface area is 108 Å². The fourth-order valence-electron chi connectivity index (χ4n) is 2.56. The van der Waals surface area contributed by atoms with Gasteiger partial charge < -0.3 is 9.84 Å². The monoisotopic (exact) mass is 253 g/mol. The van der Waals surface area contributed by atoms with Gasteiger partial charge in [0.2, 0.25) is 0 Å². The van der Waals surface area contributed by atoms with Crippen molar-refractivity contribution in [1.82, 2.24) is 14.7 Å². The number of rotatable bonds is 5. The molecular weight excluding hydrogens is 230 g/mol. The van der Waals surface area contributed by atoms with Gasteiger partial charge in [0.1, 0.15) is 0 Å². The normalized spacial score (nSPS) is 24.1. The van der Waals surface area contributed by atoms with Crippen molar-refractivity contribution < 1.29 is 9.84 Å². The highest BCUT2D eigenvalue weighted by molar-refractivity contribution is 5.06. The summed E-state index contributed by atoms with van der Waals surface area (Å²) in [6.07, 6.45) is -0.356. The fourth-order valence-corrected chi connectivity index (χ4v) is 2.56. The number of nitrogens with zero attached hydrogens (tertiary/aromatic N) is 3. The Morgan fingerprint density at radius 1 is 1.50 bits per heavy atom. The summed E-state index contributed by atoms with van der Waals surface area (Å²) in [6.45, 7) is 9.96. The first-order valence-corrected chi connectivity index (χ1v) is 6.62. The summed E-state index contributed by atoms with van der Waals surface area (Å²) < 4.78 is 7.35. The average molecular weight is 253 g/mol. The minimum Gasteiger partial charge on any atom is -0.389 e. The van der Waals surface area contributed by atoms with Crippen LogP contribution in [0.25, 0.3) is 0 Å². The molecule has 0 bridgehead atoms. The van der Waals surface area contributed by atoms with Gasteiger partial charge in [0.25, 0.3) is 0 Å². The summed E-state index contributed by atoms with van der Waals surface area (Å²) >= 11 is 0. The van der Waals surface area contributed by atoms with Gasteiger partial charge >= 0.3 is 0 Å². The van der Waals surface area contributed by atoms with Crippen LogP contribution >= 0.6 is 0 Å². The lowest BCUT2D eigenvalue weighted by molar-refractivity contribution is 0.0821. The van der Waals surface area contributed by atoms with E-state index >= 15 is 0 Å². The molecule has 102 valence electrons. The van der Waals surface area contributed by atoms with Crippen LogP contribution in [0.5, 0.6) is 0 Å². The second-order valence-electron chi connectivity index (χ2n) is 4.95. The molecule has 1 N–H and O–H groups in total. The van der Waals surface area contributed by atoms with Gasteiger partial charge in [-0.15, -0.1) is 0 Å². The van der Waals surface area contributed by atoms with Gasteiger partial charge in [0.15, 0.2) is 0 Å². The number of aliphatic hydroxyl groups excluding tert-OH is 1. The summed E-state index contributed by atoms with van der Waals surface area (Å²) in [4.78, 5) is 2.27. The van der Waals surface area contributed by atoms with Crippen molar-refractivity contribution in [3.63, 3.8) is 0 Å². The van der Waals surface area contributed by atoms with Gasteiger partial charge in [-0.3, -0.25) is 9.58 Å². The first kappa shape index (κ1) is 13.5. The average Bonchev–Trinajstić information content (AvgIpc) is 2.87. The molecule has 0 spiro atoms. The molecule has 2 atom stereocenters. The molecule has 0 amide bonds. The molecule has 0 unspecified atom stereocenters. The van der Waals surface area contributed by atoms with E-state index in [4.69, 9.17) is 4.74 Å². The Morgan fingerprint density at radius 2 is 2.28 bits per heavy atom. The number of likely N-dealkylation sites (N-methyl/N-ethyl adjacent to an activating group) is 1. The number of aromatic nitrogens is 2. The number of aryl methyl sites for hydroxylation is 2. The van der Waals surface area contributed by atoms with Gasteiger partial charge in [-0.05, 0) is 26.5 Å². The summed E-state index contributed by atoms with van der Waals surface area (Å²) in [5.74, 6) is 0. The lowest BCUT2D eigenvalue weighted by atomic mass is 10.2. The first-order chi connectivity index (χ1) is 8.61. The van der Waals surface area contributed by atoms with Crippen LogP contribution in [0, 0.1) is 13.8 Å². The molecule has 0 radical (unpaired) electrons. The highest BCUT2D eigenvalue weighted by Crippen LogP contribution is 2.13. The molecule has 2 rings (SSSR count). The Balaban J connectivity index is 1.93. The van der Waals surface area contributed by atoms with E-state index in [2.05, 4.69) is 29.9 Å². The van der Waals surface area contributed by atoms with Gasteiger partial charge in [-0.25, -0.2) is 0 Å². The van der Waals surface area contributed by atoms with Crippen molar-refractivity contribution in [3.05, 3.63) is 17.5 Å². The zero-order valence-electron chi connectivity index (χ0n) is 11.5. The zero-order chi connectivity index (χ0) is 13.1. The van der Waals surface area contributed by atoms with Crippen LogP contribution in [0.4, 0.5) is 0 Å². The van der Waals surface area contributed by atoms with Gasteiger partial charge in [-0.2, -0.15) is 5.10 Å². The van der Waals surface area contributed by atoms with Gasteiger partial charge in [0.05, 0.1) is 37.6 Å². The van der Waals surface area contributed by atoms with Crippen LogP contribution in [0.2, 0.25) is 0 Å². The van der Waals surface area contributed by atoms with Crippen LogP contribution in [-0.4, -0.2) is 58.2 Å². The number of hydrogen-bond acceptors (Lipinski definition) is 4. The summed E-state index contributed by atoms with van der Waals surface area (Å²) in [5, 5.41) is 14.3. The van der Waals surface area contributed by atoms with Crippen molar-refractivity contribution in [1.29, 1.82) is 0 Å². The van der Waals surface area contributed by atoms with Crippen molar-refractivity contribution in [3.8, 4) is 0 Å². The quantitative estimate of drug-likeness (QED) is 0.834. The van der Waals surface area contributed by atoms with E-state index < -0.39 is 0 Å². The third kappa shape index (κ3) is 2.91. The second-order valence-corrected chi connectivity index (χ2v) is 4.95. The molecule has 0 aromatic carbocycles. The van der Waals surface area contributed by atoms with Crippen molar-refractivity contribution in [2.45, 2.75) is 39.5 Å². The lowest BCUT2D eigenvalue weighted by Gasteiger charge is -2.28. The molecule has 1 aliphatic rings. The Kier molecular flexibility index (Phi) is 4.37. The third-order valence-corrected chi connectivity index (χ3v) is 3.60. The molecule has 2 heterocycles. The maximum atomic E-state index is 9.86. The molecule has 5 nitrogen and oxygen atoms in total. The third-order valence-electron chi connectivity index (χ3n) is 3.60. The van der Waals surface area contributed by atoms with E-state index in [1.165, 1.54) is 5.69 Å². The minimum atomic E-state index is -0.356. The predicted molar refractivity (Wildman–Crippen MR) is 69.6 cm³/mol.